The summed E-state index contributed by atoms with van der Waals surface area (Å²) in [6, 6.07) is 11.5. The number of carbonyl (C=O) groups is 1. The highest BCUT2D eigenvalue weighted by molar-refractivity contribution is 9.10. The standard InChI is InChI=1S/C14H12BrN3OS/c15-11-1-3-12(4-2-11)17-7-5-13(19)18-14-10(9-16)6-8-20-14/h1-4,6,8,17H,5,7H2,(H,18,19). The molecule has 20 heavy (non-hydrogen) atoms. The van der Waals surface area contributed by atoms with E-state index in [0.29, 0.717) is 23.5 Å². The van der Waals surface area contributed by atoms with E-state index in [1.807, 2.05) is 30.3 Å². The van der Waals surface area contributed by atoms with Crippen molar-refractivity contribution in [3.8, 4) is 6.07 Å². The Bertz CT molecular complexity index is 631. The van der Waals surface area contributed by atoms with Crippen LogP contribution in [0, 0.1) is 11.3 Å². The van der Waals surface area contributed by atoms with Gasteiger partial charge in [0, 0.05) is 23.1 Å². The third kappa shape index (κ3) is 4.08. The van der Waals surface area contributed by atoms with E-state index in [4.69, 9.17) is 5.26 Å². The quantitative estimate of drug-likeness (QED) is 0.862. The van der Waals surface area contributed by atoms with E-state index < -0.39 is 0 Å². The Balaban J connectivity index is 1.78. The molecule has 2 N–H and O–H groups in total. The maximum absolute atomic E-state index is 11.8. The van der Waals surface area contributed by atoms with Crippen molar-refractivity contribution in [3.05, 3.63) is 45.7 Å². The fourth-order valence-electron chi connectivity index (χ4n) is 1.57. The normalized spacial score (nSPS) is 9.80. The average Bonchev–Trinajstić information content (AvgIpc) is 2.88. The van der Waals surface area contributed by atoms with Crippen LogP contribution in [-0.2, 0) is 4.79 Å². The molecule has 1 aromatic carbocycles. The lowest BCUT2D eigenvalue weighted by molar-refractivity contribution is -0.115. The van der Waals surface area contributed by atoms with Crippen LogP contribution in [0.3, 0.4) is 0 Å². The lowest BCUT2D eigenvalue weighted by atomic mass is 10.3. The van der Waals surface area contributed by atoms with Gasteiger partial charge in [0.25, 0.3) is 0 Å². The number of nitrogens with zero attached hydrogens (tertiary/aromatic N) is 1. The number of carbonyl (C=O) groups excluding carboxylic acids is 1. The summed E-state index contributed by atoms with van der Waals surface area (Å²) < 4.78 is 1.02. The predicted octanol–water partition coefficient (Wildman–Crippen LogP) is 3.82. The topological polar surface area (TPSA) is 64.9 Å². The summed E-state index contributed by atoms with van der Waals surface area (Å²) in [5, 5.41) is 17.2. The van der Waals surface area contributed by atoms with Gasteiger partial charge in [-0.25, -0.2) is 0 Å². The van der Waals surface area contributed by atoms with Crippen molar-refractivity contribution in [3.63, 3.8) is 0 Å². The number of nitrogens with one attached hydrogen (secondary N) is 2. The molecule has 0 unspecified atom stereocenters. The Hall–Kier alpha value is -1.84. The third-order valence-corrected chi connectivity index (χ3v) is 3.92. The number of hydrogen-bond donors (Lipinski definition) is 2. The van der Waals surface area contributed by atoms with Crippen LogP contribution in [0.25, 0.3) is 0 Å². The van der Waals surface area contributed by atoms with Crippen molar-refractivity contribution in [1.82, 2.24) is 0 Å². The molecular weight excluding hydrogens is 338 g/mol. The molecule has 0 aliphatic carbocycles. The van der Waals surface area contributed by atoms with Gasteiger partial charge in [0.1, 0.15) is 11.1 Å². The van der Waals surface area contributed by atoms with Gasteiger partial charge in [-0.2, -0.15) is 5.26 Å². The molecule has 102 valence electrons. The van der Waals surface area contributed by atoms with Crippen molar-refractivity contribution < 1.29 is 4.79 Å². The first kappa shape index (κ1) is 14.6. The molecule has 0 bridgehead atoms. The minimum Gasteiger partial charge on any atom is -0.385 e. The molecule has 0 aliphatic rings. The minimum atomic E-state index is -0.103. The number of halogens is 1. The smallest absolute Gasteiger partial charge is 0.226 e. The first-order valence-corrected chi connectivity index (χ1v) is 7.63. The van der Waals surface area contributed by atoms with E-state index in [-0.39, 0.29) is 5.91 Å². The molecular formula is C14H12BrN3OS. The van der Waals surface area contributed by atoms with Gasteiger partial charge in [-0.1, -0.05) is 15.9 Å². The number of amides is 1. The SMILES string of the molecule is N#Cc1ccsc1NC(=O)CCNc1ccc(Br)cc1. The van der Waals surface area contributed by atoms with Gasteiger partial charge in [0.2, 0.25) is 5.91 Å². The lowest BCUT2D eigenvalue weighted by Crippen LogP contribution is -2.16. The highest BCUT2D eigenvalue weighted by Crippen LogP contribution is 2.22. The molecule has 1 heterocycles. The van der Waals surface area contributed by atoms with Crippen LogP contribution in [-0.4, -0.2) is 12.5 Å². The second-order valence-corrected chi connectivity index (χ2v) is 5.84. The molecule has 2 aromatic rings. The second kappa shape index (κ2) is 7.08. The lowest BCUT2D eigenvalue weighted by Gasteiger charge is -2.06. The first-order valence-electron chi connectivity index (χ1n) is 5.96. The number of hydrogen-bond acceptors (Lipinski definition) is 4. The number of thiophene rings is 1. The van der Waals surface area contributed by atoms with Crippen molar-refractivity contribution in [2.45, 2.75) is 6.42 Å². The first-order chi connectivity index (χ1) is 9.69. The average molecular weight is 350 g/mol. The van der Waals surface area contributed by atoms with Gasteiger partial charge in [0.15, 0.2) is 0 Å². The molecule has 6 heteroatoms. The Kier molecular flexibility index (Phi) is 5.16. The van der Waals surface area contributed by atoms with Gasteiger partial charge in [-0.05, 0) is 35.7 Å². The van der Waals surface area contributed by atoms with E-state index in [2.05, 4.69) is 26.6 Å². The summed E-state index contributed by atoms with van der Waals surface area (Å²) in [6.07, 6.45) is 0.346. The van der Waals surface area contributed by atoms with Crippen LogP contribution in [0.5, 0.6) is 0 Å². The summed E-state index contributed by atoms with van der Waals surface area (Å²) in [6.45, 7) is 0.542. The minimum absolute atomic E-state index is 0.103. The molecule has 0 spiro atoms. The number of rotatable bonds is 5. The molecule has 0 fully saturated rings. The molecule has 1 amide bonds. The van der Waals surface area contributed by atoms with E-state index in [0.717, 1.165) is 10.2 Å². The molecule has 0 saturated heterocycles. The predicted molar refractivity (Wildman–Crippen MR) is 84.9 cm³/mol. The Morgan fingerprint density at radius 3 is 2.75 bits per heavy atom. The van der Waals surface area contributed by atoms with Gasteiger partial charge in [0.05, 0.1) is 5.56 Å². The molecule has 0 saturated carbocycles. The zero-order valence-electron chi connectivity index (χ0n) is 10.5. The Morgan fingerprint density at radius 2 is 2.05 bits per heavy atom. The van der Waals surface area contributed by atoms with Crippen molar-refractivity contribution >= 4 is 43.9 Å². The molecule has 4 nitrogen and oxygen atoms in total. The molecule has 0 aliphatic heterocycles. The second-order valence-electron chi connectivity index (χ2n) is 4.01. The Labute approximate surface area is 129 Å². The van der Waals surface area contributed by atoms with Crippen LogP contribution in [0.2, 0.25) is 0 Å². The van der Waals surface area contributed by atoms with Gasteiger partial charge >= 0.3 is 0 Å². The fourth-order valence-corrected chi connectivity index (χ4v) is 2.59. The van der Waals surface area contributed by atoms with Crippen LogP contribution >= 0.6 is 27.3 Å². The number of benzene rings is 1. The highest BCUT2D eigenvalue weighted by atomic mass is 79.9. The van der Waals surface area contributed by atoms with Gasteiger partial charge in [-0.15, -0.1) is 11.3 Å². The third-order valence-electron chi connectivity index (χ3n) is 2.56. The van der Waals surface area contributed by atoms with E-state index in [9.17, 15) is 4.79 Å². The van der Waals surface area contributed by atoms with E-state index in [1.165, 1.54) is 11.3 Å². The zero-order valence-corrected chi connectivity index (χ0v) is 12.9. The zero-order chi connectivity index (χ0) is 14.4. The molecule has 0 atom stereocenters. The summed E-state index contributed by atoms with van der Waals surface area (Å²) >= 11 is 4.72. The summed E-state index contributed by atoms with van der Waals surface area (Å²) in [5.74, 6) is -0.103. The van der Waals surface area contributed by atoms with Crippen molar-refractivity contribution in [2.24, 2.45) is 0 Å². The summed E-state index contributed by atoms with van der Waals surface area (Å²) in [7, 11) is 0. The fraction of sp³-hybridized carbons (Fsp3) is 0.143. The Morgan fingerprint density at radius 1 is 1.30 bits per heavy atom. The van der Waals surface area contributed by atoms with Crippen LogP contribution in [0.15, 0.2) is 40.2 Å². The van der Waals surface area contributed by atoms with E-state index >= 15 is 0 Å². The van der Waals surface area contributed by atoms with Crippen molar-refractivity contribution in [1.29, 1.82) is 5.26 Å². The maximum Gasteiger partial charge on any atom is 0.226 e. The van der Waals surface area contributed by atoms with Crippen LogP contribution in [0.1, 0.15) is 12.0 Å². The van der Waals surface area contributed by atoms with E-state index in [1.54, 1.807) is 11.4 Å². The maximum atomic E-state index is 11.8. The summed E-state index contributed by atoms with van der Waals surface area (Å²) in [5.41, 5.74) is 1.47. The van der Waals surface area contributed by atoms with Crippen LogP contribution in [0.4, 0.5) is 10.7 Å². The van der Waals surface area contributed by atoms with Crippen molar-refractivity contribution in [2.75, 3.05) is 17.2 Å². The number of anilines is 2. The number of nitriles is 1. The van der Waals surface area contributed by atoms with Gasteiger partial charge in [-0.3, -0.25) is 4.79 Å². The van der Waals surface area contributed by atoms with Crippen LogP contribution < -0.4 is 10.6 Å². The summed E-state index contributed by atoms with van der Waals surface area (Å²) in [4.78, 5) is 11.8. The molecule has 0 radical (unpaired) electrons. The monoisotopic (exact) mass is 349 g/mol. The van der Waals surface area contributed by atoms with Gasteiger partial charge < -0.3 is 10.6 Å². The largest absolute Gasteiger partial charge is 0.385 e. The highest BCUT2D eigenvalue weighted by Gasteiger charge is 2.07. The molecule has 1 aromatic heterocycles. The molecule has 2 rings (SSSR count).